The number of amides is 1. The summed E-state index contributed by atoms with van der Waals surface area (Å²) >= 11 is 0. The fourth-order valence-electron chi connectivity index (χ4n) is 3.39. The molecule has 3 rings (SSSR count). The molecular weight excluding hydrogens is 292 g/mol. The lowest BCUT2D eigenvalue weighted by atomic mass is 10.2. The number of hydrogen-bond donors (Lipinski definition) is 1. The largest absolute Gasteiger partial charge is 0.444 e. The summed E-state index contributed by atoms with van der Waals surface area (Å²) in [4.78, 5) is 13.9. The van der Waals surface area contributed by atoms with Gasteiger partial charge in [-0.25, -0.2) is 4.79 Å². The van der Waals surface area contributed by atoms with Gasteiger partial charge >= 0.3 is 6.09 Å². The number of nitrogens with zero attached hydrogens (tertiary/aromatic N) is 3. The van der Waals surface area contributed by atoms with Crippen LogP contribution in [0.25, 0.3) is 0 Å². The number of fused-ring (bicyclic) bond motifs is 1. The first-order valence-electron chi connectivity index (χ1n) is 8.60. The van der Waals surface area contributed by atoms with Crippen LogP contribution in [0.5, 0.6) is 0 Å². The molecular formula is C17H28N4O2. The van der Waals surface area contributed by atoms with Crippen LogP contribution in [0.3, 0.4) is 0 Å². The molecule has 1 aliphatic heterocycles. The summed E-state index contributed by atoms with van der Waals surface area (Å²) in [5, 5.41) is 7.96. The van der Waals surface area contributed by atoms with Gasteiger partial charge in [-0.2, -0.15) is 5.10 Å². The van der Waals surface area contributed by atoms with Crippen molar-refractivity contribution in [1.82, 2.24) is 20.0 Å². The number of carbonyl (C=O) groups is 1. The SMILES string of the molecule is CCCn1cc(CNC2C3CN(C(=O)OC(C)(C)C)CC32)cn1. The normalized spacial score (nSPS) is 26.3. The van der Waals surface area contributed by atoms with E-state index < -0.39 is 5.60 Å². The summed E-state index contributed by atoms with van der Waals surface area (Å²) in [6, 6.07) is 0.531. The van der Waals surface area contributed by atoms with E-state index in [0.29, 0.717) is 17.9 Å². The Bertz CT molecular complexity index is 551. The Morgan fingerprint density at radius 2 is 2.09 bits per heavy atom. The zero-order valence-electron chi connectivity index (χ0n) is 14.6. The molecule has 0 bridgehead atoms. The molecule has 2 fully saturated rings. The molecule has 6 heteroatoms. The lowest BCUT2D eigenvalue weighted by Crippen LogP contribution is -2.39. The van der Waals surface area contributed by atoms with E-state index in [2.05, 4.69) is 23.5 Å². The first-order chi connectivity index (χ1) is 10.9. The highest BCUT2D eigenvalue weighted by molar-refractivity contribution is 5.69. The van der Waals surface area contributed by atoms with Crippen molar-refractivity contribution in [3.05, 3.63) is 18.0 Å². The summed E-state index contributed by atoms with van der Waals surface area (Å²) in [5.74, 6) is 1.15. The molecule has 6 nitrogen and oxygen atoms in total. The summed E-state index contributed by atoms with van der Waals surface area (Å²) in [6.07, 6.45) is 4.97. The third-order valence-corrected chi connectivity index (χ3v) is 4.53. The van der Waals surface area contributed by atoms with E-state index in [0.717, 1.165) is 32.6 Å². The van der Waals surface area contributed by atoms with E-state index in [-0.39, 0.29) is 6.09 Å². The minimum absolute atomic E-state index is 0.177. The number of aryl methyl sites for hydroxylation is 1. The van der Waals surface area contributed by atoms with Crippen LogP contribution in [0.1, 0.15) is 39.7 Å². The van der Waals surface area contributed by atoms with Gasteiger partial charge in [0.15, 0.2) is 0 Å². The molecule has 2 unspecified atom stereocenters. The maximum atomic E-state index is 12.0. The Labute approximate surface area is 138 Å². The maximum absolute atomic E-state index is 12.0. The fourth-order valence-corrected chi connectivity index (χ4v) is 3.39. The first-order valence-corrected chi connectivity index (χ1v) is 8.60. The molecule has 23 heavy (non-hydrogen) atoms. The molecule has 1 saturated carbocycles. The average molecular weight is 320 g/mol. The van der Waals surface area contributed by atoms with Gasteiger partial charge in [0.25, 0.3) is 0 Å². The lowest BCUT2D eigenvalue weighted by Gasteiger charge is -2.26. The van der Waals surface area contributed by atoms with E-state index in [1.807, 2.05) is 36.5 Å². The van der Waals surface area contributed by atoms with Gasteiger partial charge in [0.05, 0.1) is 6.20 Å². The van der Waals surface area contributed by atoms with Crippen LogP contribution in [-0.2, 0) is 17.8 Å². The topological polar surface area (TPSA) is 59.4 Å². The average Bonchev–Trinajstić information content (AvgIpc) is 2.82. The summed E-state index contributed by atoms with van der Waals surface area (Å²) < 4.78 is 7.43. The van der Waals surface area contributed by atoms with Gasteiger partial charge in [-0.15, -0.1) is 0 Å². The second-order valence-corrected chi connectivity index (χ2v) is 7.73. The third kappa shape index (κ3) is 3.86. The maximum Gasteiger partial charge on any atom is 0.410 e. The van der Waals surface area contributed by atoms with Crippen LogP contribution in [0.2, 0.25) is 0 Å². The van der Waals surface area contributed by atoms with Gasteiger partial charge in [0.1, 0.15) is 5.60 Å². The quantitative estimate of drug-likeness (QED) is 0.904. The molecule has 128 valence electrons. The van der Waals surface area contributed by atoms with E-state index in [4.69, 9.17) is 4.74 Å². The molecule has 1 aliphatic carbocycles. The monoisotopic (exact) mass is 320 g/mol. The van der Waals surface area contributed by atoms with Gasteiger partial charge in [-0.1, -0.05) is 6.92 Å². The van der Waals surface area contributed by atoms with E-state index >= 15 is 0 Å². The van der Waals surface area contributed by atoms with Crippen LogP contribution in [0.15, 0.2) is 12.4 Å². The highest BCUT2D eigenvalue weighted by Crippen LogP contribution is 2.45. The van der Waals surface area contributed by atoms with Crippen molar-refractivity contribution in [2.75, 3.05) is 13.1 Å². The summed E-state index contributed by atoms with van der Waals surface area (Å²) in [5.41, 5.74) is 0.813. The minimum atomic E-state index is -0.417. The van der Waals surface area contributed by atoms with Crippen molar-refractivity contribution in [3.63, 3.8) is 0 Å². The van der Waals surface area contributed by atoms with Crippen molar-refractivity contribution < 1.29 is 9.53 Å². The molecule has 1 aromatic rings. The Morgan fingerprint density at radius 1 is 1.39 bits per heavy atom. The fraction of sp³-hybridized carbons (Fsp3) is 0.765. The van der Waals surface area contributed by atoms with Crippen LogP contribution in [0.4, 0.5) is 4.79 Å². The van der Waals surface area contributed by atoms with Gasteiger partial charge in [0.2, 0.25) is 0 Å². The van der Waals surface area contributed by atoms with Gasteiger partial charge in [0, 0.05) is 44.0 Å². The van der Waals surface area contributed by atoms with Crippen molar-refractivity contribution in [2.24, 2.45) is 11.8 Å². The molecule has 0 radical (unpaired) electrons. The molecule has 1 saturated heterocycles. The Morgan fingerprint density at radius 3 is 2.70 bits per heavy atom. The standard InChI is InChI=1S/C17H28N4O2/c1-5-6-21-9-12(8-19-21)7-18-15-13-10-20(11-14(13)15)16(22)23-17(2,3)4/h8-9,13-15,18H,5-7,10-11H2,1-4H3. The molecule has 2 heterocycles. The molecule has 1 aromatic heterocycles. The minimum Gasteiger partial charge on any atom is -0.444 e. The Balaban J connectivity index is 1.41. The Kier molecular flexibility index (Phi) is 4.36. The number of nitrogens with one attached hydrogen (secondary N) is 1. The highest BCUT2D eigenvalue weighted by Gasteiger charge is 2.56. The summed E-state index contributed by atoms with van der Waals surface area (Å²) in [7, 11) is 0. The smallest absolute Gasteiger partial charge is 0.410 e. The number of likely N-dealkylation sites (tertiary alicyclic amines) is 1. The number of piperidine rings is 1. The van der Waals surface area contributed by atoms with Crippen molar-refractivity contribution in [3.8, 4) is 0 Å². The second-order valence-electron chi connectivity index (χ2n) is 7.73. The number of hydrogen-bond acceptors (Lipinski definition) is 4. The zero-order chi connectivity index (χ0) is 16.6. The number of aromatic nitrogens is 2. The number of carbonyl (C=O) groups excluding carboxylic acids is 1. The zero-order valence-corrected chi connectivity index (χ0v) is 14.6. The molecule has 1 amide bonds. The van der Waals surface area contributed by atoms with Crippen LogP contribution in [0, 0.1) is 11.8 Å². The predicted octanol–water partition coefficient (Wildman–Crippen LogP) is 2.25. The predicted molar refractivity (Wildman–Crippen MR) is 87.9 cm³/mol. The Hall–Kier alpha value is -1.56. The molecule has 1 N–H and O–H groups in total. The van der Waals surface area contributed by atoms with Crippen molar-refractivity contribution in [1.29, 1.82) is 0 Å². The van der Waals surface area contributed by atoms with Crippen LogP contribution in [-0.4, -0.2) is 45.5 Å². The number of rotatable bonds is 5. The summed E-state index contributed by atoms with van der Waals surface area (Å²) in [6.45, 7) is 11.3. The van der Waals surface area contributed by atoms with E-state index in [9.17, 15) is 4.79 Å². The van der Waals surface area contributed by atoms with E-state index in [1.165, 1.54) is 5.56 Å². The molecule has 0 spiro atoms. The van der Waals surface area contributed by atoms with Crippen LogP contribution >= 0.6 is 0 Å². The highest BCUT2D eigenvalue weighted by atomic mass is 16.6. The number of ether oxygens (including phenoxy) is 1. The molecule has 0 aromatic carbocycles. The van der Waals surface area contributed by atoms with Crippen LogP contribution < -0.4 is 5.32 Å². The van der Waals surface area contributed by atoms with Crippen molar-refractivity contribution >= 4 is 6.09 Å². The third-order valence-electron chi connectivity index (χ3n) is 4.53. The van der Waals surface area contributed by atoms with Gasteiger partial charge < -0.3 is 15.0 Å². The molecule has 2 aliphatic rings. The second kappa shape index (κ2) is 6.15. The molecule has 2 atom stereocenters. The van der Waals surface area contributed by atoms with E-state index in [1.54, 1.807) is 0 Å². The van der Waals surface area contributed by atoms with Crippen molar-refractivity contribution in [2.45, 2.75) is 58.8 Å². The van der Waals surface area contributed by atoms with Gasteiger partial charge in [-0.05, 0) is 39.0 Å². The lowest BCUT2D eigenvalue weighted by molar-refractivity contribution is 0.0269. The first kappa shape index (κ1) is 16.3. The van der Waals surface area contributed by atoms with Gasteiger partial charge in [-0.3, -0.25) is 4.68 Å².